The van der Waals surface area contributed by atoms with Crippen molar-refractivity contribution >= 4 is 40.3 Å². The van der Waals surface area contributed by atoms with Crippen LogP contribution in [0.1, 0.15) is 58.5 Å². The number of hydrogen-bond donors (Lipinski definition) is 2. The van der Waals surface area contributed by atoms with E-state index in [1.165, 1.54) is 18.3 Å². The maximum absolute atomic E-state index is 13.9. The quantitative estimate of drug-likeness (QED) is 0.464. The number of nitrogens with one attached hydrogen (secondary N) is 1. The Labute approximate surface area is 240 Å². The maximum Gasteiger partial charge on any atom is 0.265 e. The molecule has 12 heteroatoms. The van der Waals surface area contributed by atoms with Crippen molar-refractivity contribution in [1.29, 1.82) is 0 Å². The third-order valence-electron chi connectivity index (χ3n) is 8.66. The number of aromatic nitrogens is 2. The zero-order valence-corrected chi connectivity index (χ0v) is 23.2. The number of aryl methyl sites for hydroxylation is 1. The SMILES string of the molecule is Cc1cccc(NC(=O)[C@@H]2C3CCC(C3)N2C(=O)Cn2cc(C(N)=O)c3cc(C(=O)N4CCCC(F)(F)C4)ccc32)n1. The van der Waals surface area contributed by atoms with Crippen LogP contribution in [-0.4, -0.2) is 74.1 Å². The summed E-state index contributed by atoms with van der Waals surface area (Å²) in [5.41, 5.74) is 7.17. The predicted octanol–water partition coefficient (Wildman–Crippen LogP) is 3.33. The Morgan fingerprint density at radius 2 is 1.95 bits per heavy atom. The Hall–Kier alpha value is -4.35. The fourth-order valence-corrected chi connectivity index (χ4v) is 6.80. The highest BCUT2D eigenvalue weighted by Gasteiger charge is 2.51. The summed E-state index contributed by atoms with van der Waals surface area (Å²) in [6.07, 6.45) is 3.81. The summed E-state index contributed by atoms with van der Waals surface area (Å²) < 4.78 is 29.5. The summed E-state index contributed by atoms with van der Waals surface area (Å²) in [5.74, 6) is -4.33. The van der Waals surface area contributed by atoms with Gasteiger partial charge in [0.1, 0.15) is 18.4 Å². The lowest BCUT2D eigenvalue weighted by Crippen LogP contribution is -2.51. The summed E-state index contributed by atoms with van der Waals surface area (Å²) in [7, 11) is 0. The second kappa shape index (κ2) is 10.5. The van der Waals surface area contributed by atoms with E-state index in [1.807, 2.05) is 13.0 Å². The number of halogens is 2. The van der Waals surface area contributed by atoms with Gasteiger partial charge in [0.2, 0.25) is 11.8 Å². The van der Waals surface area contributed by atoms with E-state index in [0.29, 0.717) is 16.7 Å². The van der Waals surface area contributed by atoms with Crippen LogP contribution in [0.5, 0.6) is 0 Å². The number of likely N-dealkylation sites (tertiary alicyclic amines) is 2. The van der Waals surface area contributed by atoms with Gasteiger partial charge in [0.15, 0.2) is 0 Å². The lowest BCUT2D eigenvalue weighted by atomic mass is 9.97. The van der Waals surface area contributed by atoms with Crippen molar-refractivity contribution in [3.63, 3.8) is 0 Å². The normalized spacial score (nSPS) is 22.9. The van der Waals surface area contributed by atoms with Crippen molar-refractivity contribution in [3.8, 4) is 0 Å². The Balaban J connectivity index is 1.25. The van der Waals surface area contributed by atoms with Gasteiger partial charge in [0, 0.05) is 47.4 Å². The number of amides is 4. The van der Waals surface area contributed by atoms with Crippen molar-refractivity contribution in [2.45, 2.75) is 63.6 Å². The zero-order valence-electron chi connectivity index (χ0n) is 23.2. The number of primary amides is 1. The number of nitrogens with zero attached hydrogens (tertiary/aromatic N) is 4. The van der Waals surface area contributed by atoms with Crippen LogP contribution in [0.15, 0.2) is 42.6 Å². The number of piperidine rings is 2. The molecule has 42 heavy (non-hydrogen) atoms. The van der Waals surface area contributed by atoms with Crippen LogP contribution < -0.4 is 11.1 Å². The molecule has 1 aliphatic carbocycles. The number of carbonyl (C=O) groups is 4. The molecular weight excluding hydrogens is 546 g/mol. The minimum atomic E-state index is -2.94. The van der Waals surface area contributed by atoms with Crippen LogP contribution in [0, 0.1) is 12.8 Å². The first-order valence-electron chi connectivity index (χ1n) is 14.2. The van der Waals surface area contributed by atoms with E-state index in [-0.39, 0.29) is 60.8 Å². The topological polar surface area (TPSA) is 131 Å². The van der Waals surface area contributed by atoms with Crippen LogP contribution in [0.4, 0.5) is 14.6 Å². The summed E-state index contributed by atoms with van der Waals surface area (Å²) in [4.78, 5) is 59.6. The van der Waals surface area contributed by atoms with Gasteiger partial charge in [-0.05, 0) is 68.9 Å². The molecule has 3 aromatic rings. The van der Waals surface area contributed by atoms with Gasteiger partial charge in [0.25, 0.3) is 17.7 Å². The average molecular weight is 579 g/mol. The van der Waals surface area contributed by atoms with Gasteiger partial charge >= 0.3 is 0 Å². The standard InChI is InChI=1S/C30H32F2N6O4/c1-17-4-2-5-24(34-17)35-28(41)26-18-6-8-20(12-18)38(26)25(39)15-37-14-22(27(33)40)21-13-19(7-9-23(21)37)29(42)36-11-3-10-30(31,32)16-36/h2,4-5,7,9,13-14,18,20,26H,3,6,8,10-12,15-16H2,1H3,(H2,33,40)(H,34,35,41)/t18?,20?,26-/m0/s1. The minimum absolute atomic E-state index is 0.0436. The molecule has 4 amide bonds. The molecular formula is C30H32F2N6O4. The Morgan fingerprint density at radius 3 is 2.69 bits per heavy atom. The Bertz CT molecular complexity index is 1600. The molecule has 3 N–H and O–H groups in total. The number of benzene rings is 1. The van der Waals surface area contributed by atoms with Crippen molar-refractivity contribution in [2.24, 2.45) is 11.7 Å². The van der Waals surface area contributed by atoms with E-state index in [1.54, 1.807) is 27.7 Å². The van der Waals surface area contributed by atoms with Crippen molar-refractivity contribution in [1.82, 2.24) is 19.4 Å². The summed E-state index contributed by atoms with van der Waals surface area (Å²) in [6, 6.07) is 9.20. The first-order chi connectivity index (χ1) is 20.0. The van der Waals surface area contributed by atoms with Crippen LogP contribution in [-0.2, 0) is 16.1 Å². The number of carbonyl (C=O) groups excluding carboxylic acids is 4. The first kappa shape index (κ1) is 27.8. The number of fused-ring (bicyclic) bond motifs is 3. The fraction of sp³-hybridized carbons (Fsp3) is 0.433. The van der Waals surface area contributed by atoms with Gasteiger partial charge in [-0.15, -0.1) is 0 Å². The van der Waals surface area contributed by atoms with Crippen LogP contribution in [0.3, 0.4) is 0 Å². The molecule has 10 nitrogen and oxygen atoms in total. The number of alkyl halides is 2. The van der Waals surface area contributed by atoms with Crippen LogP contribution >= 0.6 is 0 Å². The highest BCUT2D eigenvalue weighted by Crippen LogP contribution is 2.43. The van der Waals surface area contributed by atoms with Crippen LogP contribution in [0.25, 0.3) is 10.9 Å². The molecule has 1 aromatic carbocycles. The van der Waals surface area contributed by atoms with E-state index in [4.69, 9.17) is 5.73 Å². The lowest BCUT2D eigenvalue weighted by Gasteiger charge is -2.34. The predicted molar refractivity (Wildman–Crippen MR) is 150 cm³/mol. The van der Waals surface area contributed by atoms with E-state index < -0.39 is 30.3 Å². The Kier molecular flexibility index (Phi) is 6.94. The first-order valence-corrected chi connectivity index (χ1v) is 14.2. The largest absolute Gasteiger partial charge is 0.366 e. The molecule has 2 unspecified atom stereocenters. The molecule has 0 spiro atoms. The number of nitrogens with two attached hydrogens (primary N) is 1. The highest BCUT2D eigenvalue weighted by molar-refractivity contribution is 6.09. The second-order valence-corrected chi connectivity index (χ2v) is 11.6. The molecule has 2 saturated heterocycles. The summed E-state index contributed by atoms with van der Waals surface area (Å²) in [5, 5.41) is 3.22. The molecule has 3 atom stereocenters. The van der Waals surface area contributed by atoms with Crippen LogP contribution in [0.2, 0.25) is 0 Å². The van der Waals surface area contributed by atoms with Gasteiger partial charge in [-0.2, -0.15) is 0 Å². The van der Waals surface area contributed by atoms with E-state index in [0.717, 1.165) is 29.9 Å². The molecule has 2 aromatic heterocycles. The van der Waals surface area contributed by atoms with E-state index >= 15 is 0 Å². The minimum Gasteiger partial charge on any atom is -0.366 e. The molecule has 3 fully saturated rings. The maximum atomic E-state index is 13.9. The van der Waals surface area contributed by atoms with Crippen molar-refractivity contribution in [3.05, 3.63) is 59.4 Å². The molecule has 6 rings (SSSR count). The molecule has 2 bridgehead atoms. The molecule has 0 radical (unpaired) electrons. The molecule has 3 aliphatic rings. The second-order valence-electron chi connectivity index (χ2n) is 11.6. The van der Waals surface area contributed by atoms with Gasteiger partial charge in [-0.3, -0.25) is 19.2 Å². The third kappa shape index (κ3) is 5.10. The van der Waals surface area contributed by atoms with Gasteiger partial charge < -0.3 is 25.4 Å². The van der Waals surface area contributed by atoms with E-state index in [9.17, 15) is 28.0 Å². The third-order valence-corrected chi connectivity index (χ3v) is 8.66. The fourth-order valence-electron chi connectivity index (χ4n) is 6.80. The number of hydrogen-bond acceptors (Lipinski definition) is 5. The molecule has 4 heterocycles. The molecule has 1 saturated carbocycles. The van der Waals surface area contributed by atoms with Gasteiger partial charge in [-0.25, -0.2) is 13.8 Å². The van der Waals surface area contributed by atoms with E-state index in [2.05, 4.69) is 10.3 Å². The summed E-state index contributed by atoms with van der Waals surface area (Å²) in [6.45, 7) is 1.24. The molecule has 2 aliphatic heterocycles. The zero-order chi connectivity index (χ0) is 29.8. The lowest BCUT2D eigenvalue weighted by molar-refractivity contribution is -0.141. The smallest absolute Gasteiger partial charge is 0.265 e. The van der Waals surface area contributed by atoms with Crippen molar-refractivity contribution in [2.75, 3.05) is 18.4 Å². The summed E-state index contributed by atoms with van der Waals surface area (Å²) >= 11 is 0. The number of pyridine rings is 1. The van der Waals surface area contributed by atoms with Gasteiger partial charge in [0.05, 0.1) is 12.1 Å². The molecule has 220 valence electrons. The highest BCUT2D eigenvalue weighted by atomic mass is 19.3. The average Bonchev–Trinajstić information content (AvgIpc) is 3.65. The number of rotatable bonds is 6. The Morgan fingerprint density at radius 1 is 1.14 bits per heavy atom. The number of anilines is 1. The monoisotopic (exact) mass is 578 g/mol. The van der Waals surface area contributed by atoms with Gasteiger partial charge in [-0.1, -0.05) is 6.07 Å². The van der Waals surface area contributed by atoms with Crippen molar-refractivity contribution < 1.29 is 28.0 Å².